The van der Waals surface area contributed by atoms with E-state index in [4.69, 9.17) is 21.1 Å². The lowest BCUT2D eigenvalue weighted by Crippen LogP contribution is -2.29. The van der Waals surface area contributed by atoms with Crippen LogP contribution in [0.25, 0.3) is 0 Å². The van der Waals surface area contributed by atoms with E-state index in [2.05, 4.69) is 10.6 Å². The minimum absolute atomic E-state index is 0.0495. The molecule has 2 amide bonds. The number of hydrogen-bond acceptors (Lipinski definition) is 4. The molecule has 4 rings (SSSR count). The maximum Gasteiger partial charge on any atom is 0.252 e. The molecule has 35 heavy (non-hydrogen) atoms. The van der Waals surface area contributed by atoms with Gasteiger partial charge in [-0.2, -0.15) is 0 Å². The summed E-state index contributed by atoms with van der Waals surface area (Å²) >= 11 is 6.08. The maximum atomic E-state index is 14.7. The van der Waals surface area contributed by atoms with Crippen LogP contribution in [0.3, 0.4) is 0 Å². The van der Waals surface area contributed by atoms with E-state index >= 15 is 0 Å². The average Bonchev–Trinajstić information content (AvgIpc) is 3.38. The van der Waals surface area contributed by atoms with Crippen molar-refractivity contribution in [1.29, 1.82) is 0 Å². The highest BCUT2D eigenvalue weighted by Gasteiger charge is 2.25. The van der Waals surface area contributed by atoms with Gasteiger partial charge in [-0.05, 0) is 69.1 Å². The van der Waals surface area contributed by atoms with Crippen LogP contribution in [0, 0.1) is 5.82 Å². The molecular weight excluding hydrogens is 471 g/mol. The second-order valence-electron chi connectivity index (χ2n) is 8.94. The molecule has 0 atom stereocenters. The van der Waals surface area contributed by atoms with E-state index in [0.717, 1.165) is 49.8 Å². The number of rotatable bonds is 8. The third kappa shape index (κ3) is 6.34. The lowest BCUT2D eigenvalue weighted by atomic mass is 9.90. The van der Waals surface area contributed by atoms with Crippen LogP contribution in [-0.2, 0) is 16.1 Å². The zero-order valence-electron chi connectivity index (χ0n) is 19.8. The summed E-state index contributed by atoms with van der Waals surface area (Å²) in [6.07, 6.45) is 6.69. The molecule has 0 radical (unpaired) electrons. The summed E-state index contributed by atoms with van der Waals surface area (Å²) in [6, 6.07) is 10.3. The van der Waals surface area contributed by atoms with Gasteiger partial charge in [0, 0.05) is 29.8 Å². The molecule has 2 aromatic rings. The number of hydrogen-bond donors (Lipinski definition) is 2. The van der Waals surface area contributed by atoms with E-state index < -0.39 is 11.7 Å². The molecule has 1 fully saturated rings. The summed E-state index contributed by atoms with van der Waals surface area (Å²) in [5.74, 6) is -0.344. The van der Waals surface area contributed by atoms with Crippen molar-refractivity contribution in [2.45, 2.75) is 64.0 Å². The lowest BCUT2D eigenvalue weighted by molar-refractivity contribution is -0.119. The third-order valence-electron chi connectivity index (χ3n) is 6.48. The first-order valence-corrected chi connectivity index (χ1v) is 12.4. The molecule has 0 spiro atoms. The second kappa shape index (κ2) is 11.6. The first-order chi connectivity index (χ1) is 16.9. The Bertz CT molecular complexity index is 1110. The normalized spacial score (nSPS) is 16.2. The van der Waals surface area contributed by atoms with Crippen molar-refractivity contribution in [3.63, 3.8) is 0 Å². The van der Waals surface area contributed by atoms with E-state index in [9.17, 15) is 14.0 Å². The van der Waals surface area contributed by atoms with Crippen molar-refractivity contribution in [3.8, 4) is 11.5 Å². The van der Waals surface area contributed by atoms with Crippen molar-refractivity contribution in [1.82, 2.24) is 5.32 Å². The van der Waals surface area contributed by atoms with Crippen LogP contribution in [-0.4, -0.2) is 25.0 Å². The van der Waals surface area contributed by atoms with Crippen LogP contribution in [0.1, 0.15) is 56.9 Å². The Morgan fingerprint density at radius 1 is 0.971 bits per heavy atom. The van der Waals surface area contributed by atoms with Gasteiger partial charge in [0.1, 0.15) is 11.5 Å². The summed E-state index contributed by atoms with van der Waals surface area (Å²) in [5.41, 5.74) is 1.68. The van der Waals surface area contributed by atoms with Crippen molar-refractivity contribution >= 4 is 29.1 Å². The molecule has 186 valence electrons. The molecule has 0 unspecified atom stereocenters. The predicted molar refractivity (Wildman–Crippen MR) is 133 cm³/mol. The highest BCUT2D eigenvalue weighted by Crippen LogP contribution is 2.33. The van der Waals surface area contributed by atoms with Gasteiger partial charge in [-0.1, -0.05) is 23.7 Å². The fraction of sp³-hybridized carbons (Fsp3) is 0.407. The number of ether oxygens (including phenoxy) is 2. The number of nitrogens with one attached hydrogen (secondary N) is 2. The molecule has 1 saturated carbocycles. The highest BCUT2D eigenvalue weighted by molar-refractivity contribution is 6.31. The van der Waals surface area contributed by atoms with Crippen LogP contribution >= 0.6 is 11.6 Å². The standard InChI is InChI=1S/C27H30ClFN2O4/c1-34-18-12-10-17(11-13-18)16-30-26(32)21-8-4-5-9-22(21)27(33)31-24-15-20(14-23(28)25(24)29)35-19-6-2-3-7-19/h10-15,19H,2-9,16H2,1H3,(H,30,32)(H,31,33). The topological polar surface area (TPSA) is 76.7 Å². The predicted octanol–water partition coefficient (Wildman–Crippen LogP) is 5.93. The summed E-state index contributed by atoms with van der Waals surface area (Å²) in [6.45, 7) is 0.325. The molecule has 8 heteroatoms. The van der Waals surface area contributed by atoms with Crippen LogP contribution in [0.15, 0.2) is 47.5 Å². The Balaban J connectivity index is 1.47. The zero-order chi connectivity index (χ0) is 24.8. The molecule has 2 aliphatic carbocycles. The zero-order valence-corrected chi connectivity index (χ0v) is 20.6. The van der Waals surface area contributed by atoms with E-state index in [1.165, 1.54) is 12.1 Å². The van der Waals surface area contributed by atoms with Gasteiger partial charge < -0.3 is 20.1 Å². The number of anilines is 1. The monoisotopic (exact) mass is 500 g/mol. The molecular formula is C27H30ClFN2O4. The van der Waals surface area contributed by atoms with Crippen molar-refractivity contribution in [2.24, 2.45) is 0 Å². The molecule has 6 nitrogen and oxygen atoms in total. The number of carbonyl (C=O) groups is 2. The first-order valence-electron chi connectivity index (χ1n) is 12.0. The fourth-order valence-electron chi connectivity index (χ4n) is 4.56. The van der Waals surface area contributed by atoms with Gasteiger partial charge in [-0.25, -0.2) is 4.39 Å². The van der Waals surface area contributed by atoms with E-state index in [0.29, 0.717) is 36.3 Å². The molecule has 0 bridgehead atoms. The van der Waals surface area contributed by atoms with Gasteiger partial charge in [0.25, 0.3) is 5.91 Å². The molecule has 0 aliphatic heterocycles. The second-order valence-corrected chi connectivity index (χ2v) is 9.35. The molecule has 0 aromatic heterocycles. The van der Waals surface area contributed by atoms with Gasteiger partial charge in [0.05, 0.1) is 23.9 Å². The largest absolute Gasteiger partial charge is 0.497 e. The fourth-order valence-corrected chi connectivity index (χ4v) is 4.77. The average molecular weight is 501 g/mol. The van der Waals surface area contributed by atoms with Gasteiger partial charge in [-0.3, -0.25) is 9.59 Å². The number of carbonyl (C=O) groups excluding carboxylic acids is 2. The SMILES string of the molecule is COc1ccc(CNC(=O)C2=C(C(=O)Nc3cc(OC4CCCC4)cc(Cl)c3F)CCCC2)cc1. The van der Waals surface area contributed by atoms with Gasteiger partial charge in [0.2, 0.25) is 5.91 Å². The number of amides is 2. The summed E-state index contributed by atoms with van der Waals surface area (Å²) < 4.78 is 25.8. The van der Waals surface area contributed by atoms with Crippen LogP contribution in [0.4, 0.5) is 10.1 Å². The molecule has 0 heterocycles. The Morgan fingerprint density at radius 3 is 2.29 bits per heavy atom. The number of benzene rings is 2. The Kier molecular flexibility index (Phi) is 8.29. The first kappa shape index (κ1) is 25.0. The van der Waals surface area contributed by atoms with Gasteiger partial charge in [0.15, 0.2) is 5.82 Å². The van der Waals surface area contributed by atoms with Gasteiger partial charge >= 0.3 is 0 Å². The Hall–Kier alpha value is -3.06. The smallest absolute Gasteiger partial charge is 0.252 e. The summed E-state index contributed by atoms with van der Waals surface area (Å²) in [5, 5.41) is 5.40. The van der Waals surface area contributed by atoms with Gasteiger partial charge in [-0.15, -0.1) is 0 Å². The van der Waals surface area contributed by atoms with Crippen molar-refractivity contribution < 1.29 is 23.5 Å². The van der Waals surface area contributed by atoms with Crippen LogP contribution in [0.5, 0.6) is 11.5 Å². The van der Waals surface area contributed by atoms with E-state index in [-0.39, 0.29) is 22.7 Å². The molecule has 2 aromatic carbocycles. The Morgan fingerprint density at radius 2 is 1.63 bits per heavy atom. The summed E-state index contributed by atoms with van der Waals surface area (Å²) in [7, 11) is 1.59. The molecule has 0 saturated heterocycles. The van der Waals surface area contributed by atoms with E-state index in [1.54, 1.807) is 7.11 Å². The number of halogens is 2. The quantitative estimate of drug-likeness (QED) is 0.470. The minimum atomic E-state index is -0.722. The summed E-state index contributed by atoms with van der Waals surface area (Å²) in [4.78, 5) is 26.1. The van der Waals surface area contributed by atoms with Crippen LogP contribution in [0.2, 0.25) is 5.02 Å². The van der Waals surface area contributed by atoms with Crippen molar-refractivity contribution in [2.75, 3.05) is 12.4 Å². The minimum Gasteiger partial charge on any atom is -0.497 e. The highest BCUT2D eigenvalue weighted by atomic mass is 35.5. The number of methoxy groups -OCH3 is 1. The molecule has 2 N–H and O–H groups in total. The van der Waals surface area contributed by atoms with Crippen LogP contribution < -0.4 is 20.1 Å². The Labute approximate surface area is 209 Å². The van der Waals surface area contributed by atoms with E-state index in [1.807, 2.05) is 24.3 Å². The third-order valence-corrected chi connectivity index (χ3v) is 6.76. The maximum absolute atomic E-state index is 14.7. The lowest BCUT2D eigenvalue weighted by Gasteiger charge is -2.20. The molecule has 2 aliphatic rings. The van der Waals surface area contributed by atoms with Crippen molar-refractivity contribution in [3.05, 3.63) is 63.9 Å².